The van der Waals surface area contributed by atoms with E-state index in [2.05, 4.69) is 9.97 Å². The molecule has 2 aromatic rings. The zero-order chi connectivity index (χ0) is 14.0. The number of rotatable bonds is 4. The van der Waals surface area contributed by atoms with Crippen LogP contribution in [0.15, 0.2) is 35.5 Å². The summed E-state index contributed by atoms with van der Waals surface area (Å²) in [6.45, 7) is 0. The van der Waals surface area contributed by atoms with Crippen molar-refractivity contribution in [3.05, 3.63) is 46.5 Å². The van der Waals surface area contributed by atoms with E-state index in [1.807, 2.05) is 4.72 Å². The third-order valence-corrected chi connectivity index (χ3v) is 3.52. The largest absolute Gasteiger partial charge is 0.330 e. The predicted molar refractivity (Wildman–Crippen MR) is 62.5 cm³/mol. The zero-order valence-electron chi connectivity index (χ0n) is 9.20. The summed E-state index contributed by atoms with van der Waals surface area (Å²) in [5.74, 6) is -0.998. The van der Waals surface area contributed by atoms with Crippen LogP contribution in [0, 0.1) is 15.9 Å². The Labute approximate surface area is 106 Å². The van der Waals surface area contributed by atoms with Gasteiger partial charge in [0.1, 0.15) is 5.82 Å². The number of aromatic amines is 1. The third-order valence-electron chi connectivity index (χ3n) is 2.14. The number of nitrogens with zero attached hydrogens (tertiary/aromatic N) is 2. The summed E-state index contributed by atoms with van der Waals surface area (Å²) < 4.78 is 38.8. The molecule has 19 heavy (non-hydrogen) atoms. The average molecular weight is 286 g/mol. The summed E-state index contributed by atoms with van der Waals surface area (Å²) in [5.41, 5.74) is -0.848. The van der Waals surface area contributed by atoms with Gasteiger partial charge in [-0.25, -0.2) is 22.5 Å². The second-order valence-corrected chi connectivity index (χ2v) is 5.06. The van der Waals surface area contributed by atoms with E-state index in [4.69, 9.17) is 0 Å². The van der Waals surface area contributed by atoms with Crippen LogP contribution in [0.5, 0.6) is 0 Å². The molecule has 0 unspecified atom stereocenters. The van der Waals surface area contributed by atoms with Gasteiger partial charge < -0.3 is 4.98 Å². The van der Waals surface area contributed by atoms with Gasteiger partial charge in [-0.3, -0.25) is 10.1 Å². The number of halogens is 1. The number of sulfonamides is 1. The van der Waals surface area contributed by atoms with E-state index in [1.165, 1.54) is 12.4 Å². The number of aromatic nitrogens is 2. The summed E-state index contributed by atoms with van der Waals surface area (Å²) in [5, 5.41) is 10.7. The first-order valence-corrected chi connectivity index (χ1v) is 6.34. The van der Waals surface area contributed by atoms with E-state index in [9.17, 15) is 22.9 Å². The van der Waals surface area contributed by atoms with Crippen molar-refractivity contribution in [2.75, 3.05) is 4.72 Å². The van der Waals surface area contributed by atoms with Gasteiger partial charge in [0, 0.05) is 12.4 Å². The third kappa shape index (κ3) is 2.68. The molecule has 1 aromatic heterocycles. The number of hydrogen-bond donors (Lipinski definition) is 2. The Morgan fingerprint density at radius 3 is 2.74 bits per heavy atom. The molecule has 0 bridgehead atoms. The smallest absolute Gasteiger partial charge is 0.292 e. The number of nitrogens with one attached hydrogen (secondary N) is 2. The number of nitro benzene ring substituents is 1. The molecular formula is C9H7FN4O4S. The highest BCUT2D eigenvalue weighted by Crippen LogP contribution is 2.25. The molecule has 0 fully saturated rings. The normalized spacial score (nSPS) is 11.2. The lowest BCUT2D eigenvalue weighted by atomic mass is 10.3. The Hall–Kier alpha value is -2.49. The average Bonchev–Trinajstić information content (AvgIpc) is 2.80. The maximum atomic E-state index is 12.9. The first kappa shape index (κ1) is 13.0. The molecule has 2 N–H and O–H groups in total. The minimum absolute atomic E-state index is 0.0985. The van der Waals surface area contributed by atoms with Gasteiger partial charge in [0.15, 0.2) is 4.90 Å². The van der Waals surface area contributed by atoms with Crippen LogP contribution in [0.1, 0.15) is 0 Å². The fourth-order valence-electron chi connectivity index (χ4n) is 1.36. The van der Waals surface area contributed by atoms with Crippen LogP contribution >= 0.6 is 0 Å². The Kier molecular flexibility index (Phi) is 3.17. The van der Waals surface area contributed by atoms with E-state index in [0.29, 0.717) is 6.07 Å². The maximum absolute atomic E-state index is 12.9. The topological polar surface area (TPSA) is 118 Å². The minimum atomic E-state index is -4.23. The standard InChI is InChI=1S/C9H7FN4O4S/c10-6-1-2-8(7(5-6)14(15)16)19(17,18)13-9-11-3-4-12-9/h1-5H,(H2,11,12,13). The molecule has 0 saturated heterocycles. The fourth-order valence-corrected chi connectivity index (χ4v) is 2.50. The fraction of sp³-hybridized carbons (Fsp3) is 0. The predicted octanol–water partition coefficient (Wildman–Crippen LogP) is 1.26. The zero-order valence-corrected chi connectivity index (χ0v) is 10.0. The van der Waals surface area contributed by atoms with Crippen molar-refractivity contribution < 1.29 is 17.7 Å². The Morgan fingerprint density at radius 1 is 1.42 bits per heavy atom. The van der Waals surface area contributed by atoms with Crippen molar-refractivity contribution in [2.45, 2.75) is 4.90 Å². The van der Waals surface area contributed by atoms with Crippen molar-refractivity contribution in [3.63, 3.8) is 0 Å². The lowest BCUT2D eigenvalue weighted by Gasteiger charge is -2.05. The Morgan fingerprint density at radius 2 is 2.16 bits per heavy atom. The second kappa shape index (κ2) is 4.65. The van der Waals surface area contributed by atoms with Crippen LogP contribution in [-0.2, 0) is 10.0 Å². The van der Waals surface area contributed by atoms with Crippen molar-refractivity contribution in [1.29, 1.82) is 0 Å². The minimum Gasteiger partial charge on any atom is -0.330 e. The lowest BCUT2D eigenvalue weighted by Crippen LogP contribution is -2.15. The van der Waals surface area contributed by atoms with Crippen LogP contribution in [-0.4, -0.2) is 23.3 Å². The second-order valence-electron chi connectivity index (χ2n) is 3.41. The highest BCUT2D eigenvalue weighted by molar-refractivity contribution is 7.92. The van der Waals surface area contributed by atoms with Gasteiger partial charge in [-0.1, -0.05) is 0 Å². The van der Waals surface area contributed by atoms with E-state index in [1.54, 1.807) is 0 Å². The van der Waals surface area contributed by atoms with Crippen molar-refractivity contribution in [1.82, 2.24) is 9.97 Å². The molecule has 0 aliphatic carbocycles. The molecule has 0 atom stereocenters. The molecule has 8 nitrogen and oxygen atoms in total. The quantitative estimate of drug-likeness (QED) is 0.648. The van der Waals surface area contributed by atoms with Crippen molar-refractivity contribution in [2.24, 2.45) is 0 Å². The highest BCUT2D eigenvalue weighted by atomic mass is 32.2. The number of hydrogen-bond acceptors (Lipinski definition) is 5. The van der Waals surface area contributed by atoms with E-state index in [-0.39, 0.29) is 5.95 Å². The summed E-state index contributed by atoms with van der Waals surface area (Å²) >= 11 is 0. The van der Waals surface area contributed by atoms with Crippen LogP contribution in [0.25, 0.3) is 0 Å². The molecule has 0 saturated carbocycles. The number of imidazole rings is 1. The van der Waals surface area contributed by atoms with Crippen LogP contribution in [0.3, 0.4) is 0 Å². The molecule has 2 rings (SSSR count). The Balaban J connectivity index is 2.49. The van der Waals surface area contributed by atoms with E-state index >= 15 is 0 Å². The van der Waals surface area contributed by atoms with Gasteiger partial charge in [-0.15, -0.1) is 0 Å². The van der Waals surface area contributed by atoms with Crippen molar-refractivity contribution >= 4 is 21.7 Å². The molecule has 0 spiro atoms. The monoisotopic (exact) mass is 286 g/mol. The van der Waals surface area contributed by atoms with Crippen LogP contribution in [0.4, 0.5) is 16.0 Å². The van der Waals surface area contributed by atoms with Crippen molar-refractivity contribution in [3.8, 4) is 0 Å². The number of anilines is 1. The summed E-state index contributed by atoms with van der Waals surface area (Å²) in [6.07, 6.45) is 2.67. The molecular weight excluding hydrogens is 279 g/mol. The van der Waals surface area contributed by atoms with Gasteiger partial charge in [-0.2, -0.15) is 0 Å². The Bertz CT molecular complexity index is 714. The van der Waals surface area contributed by atoms with Gasteiger partial charge >= 0.3 is 0 Å². The molecule has 0 radical (unpaired) electrons. The first-order chi connectivity index (χ1) is 8.90. The molecule has 0 aliphatic rings. The number of nitro groups is 1. The highest BCUT2D eigenvalue weighted by Gasteiger charge is 2.27. The summed E-state index contributed by atoms with van der Waals surface area (Å²) in [6, 6.07) is 2.18. The van der Waals surface area contributed by atoms with Gasteiger partial charge in [0.2, 0.25) is 5.95 Å². The SMILES string of the molecule is O=[N+]([O-])c1cc(F)ccc1S(=O)(=O)Nc1ncc[nH]1. The number of benzene rings is 1. The summed E-state index contributed by atoms with van der Waals surface area (Å²) in [7, 11) is -4.23. The molecule has 0 aliphatic heterocycles. The molecule has 100 valence electrons. The first-order valence-electron chi connectivity index (χ1n) is 4.86. The van der Waals surface area contributed by atoms with Crippen LogP contribution < -0.4 is 4.72 Å². The maximum Gasteiger partial charge on any atom is 0.292 e. The molecule has 1 aromatic carbocycles. The van der Waals surface area contributed by atoms with E-state index < -0.39 is 31.3 Å². The van der Waals surface area contributed by atoms with Gasteiger partial charge in [0.05, 0.1) is 11.0 Å². The van der Waals surface area contributed by atoms with Crippen LogP contribution in [0.2, 0.25) is 0 Å². The van der Waals surface area contributed by atoms with E-state index in [0.717, 1.165) is 12.1 Å². The summed E-state index contributed by atoms with van der Waals surface area (Å²) in [4.78, 5) is 15.2. The number of H-pyrrole nitrogens is 1. The molecule has 10 heteroatoms. The molecule has 0 amide bonds. The van der Waals surface area contributed by atoms with Gasteiger partial charge in [0.25, 0.3) is 15.7 Å². The van der Waals surface area contributed by atoms with Gasteiger partial charge in [-0.05, 0) is 12.1 Å². The lowest BCUT2D eigenvalue weighted by molar-refractivity contribution is -0.388. The molecule has 1 heterocycles.